The van der Waals surface area contributed by atoms with Gasteiger partial charge < -0.3 is 4.98 Å². The number of nitrogens with zero attached hydrogens (tertiary/aromatic N) is 1. The molecule has 0 radical (unpaired) electrons. The summed E-state index contributed by atoms with van der Waals surface area (Å²) in [5.41, 5.74) is 2.07. The molecule has 0 aliphatic heterocycles. The largest absolute Gasteiger partial charge is 0.416 e. The number of halogens is 3. The highest BCUT2D eigenvalue weighted by Crippen LogP contribution is 2.35. The zero-order chi connectivity index (χ0) is 18.2. The number of rotatable bonds is 4. The van der Waals surface area contributed by atoms with Crippen molar-refractivity contribution in [3.05, 3.63) is 81.0 Å². The number of nitro groups is 1. The van der Waals surface area contributed by atoms with Crippen LogP contribution in [0.4, 0.5) is 13.2 Å². The van der Waals surface area contributed by atoms with Crippen LogP contribution in [0.1, 0.15) is 28.3 Å². The molecule has 1 aromatic heterocycles. The molecule has 0 spiro atoms. The summed E-state index contributed by atoms with van der Waals surface area (Å²) >= 11 is 0. The lowest BCUT2D eigenvalue weighted by molar-refractivity contribution is -0.481. The Balaban J connectivity index is 2.11. The Kier molecular flexibility index (Phi) is 4.24. The Hall–Kier alpha value is -2.83. The molecule has 4 nitrogen and oxygen atoms in total. The third kappa shape index (κ3) is 3.35. The fraction of sp³-hybridized carbons (Fsp3) is 0.222. The first-order valence-corrected chi connectivity index (χ1v) is 7.63. The summed E-state index contributed by atoms with van der Waals surface area (Å²) in [5.74, 6) is -0.631. The van der Waals surface area contributed by atoms with Gasteiger partial charge in [-0.3, -0.25) is 10.1 Å². The molecule has 0 saturated heterocycles. The van der Waals surface area contributed by atoms with Gasteiger partial charge in [0.15, 0.2) is 0 Å². The second kappa shape index (κ2) is 6.23. The van der Waals surface area contributed by atoms with Crippen molar-refractivity contribution in [2.24, 2.45) is 0 Å². The van der Waals surface area contributed by atoms with E-state index in [0.29, 0.717) is 5.56 Å². The zero-order valence-corrected chi connectivity index (χ0v) is 13.3. The number of aryl methyl sites for hydroxylation is 1. The van der Waals surface area contributed by atoms with E-state index in [1.54, 1.807) is 0 Å². The molecule has 0 amide bonds. The summed E-state index contributed by atoms with van der Waals surface area (Å²) in [7, 11) is 0. The van der Waals surface area contributed by atoms with Crippen LogP contribution in [0.2, 0.25) is 0 Å². The van der Waals surface area contributed by atoms with E-state index >= 15 is 0 Å². The molecular formula is C18H15F3N2O2. The minimum Gasteiger partial charge on any atom is -0.358 e. The van der Waals surface area contributed by atoms with Crippen molar-refractivity contribution in [3.63, 3.8) is 0 Å². The number of aromatic amines is 1. The smallest absolute Gasteiger partial charge is 0.358 e. The van der Waals surface area contributed by atoms with E-state index in [1.807, 2.05) is 31.2 Å². The maximum absolute atomic E-state index is 12.8. The predicted octanol–water partition coefficient (Wildman–Crippen LogP) is 4.90. The Morgan fingerprint density at radius 1 is 1.12 bits per heavy atom. The molecule has 0 fully saturated rings. The first-order chi connectivity index (χ1) is 11.8. The molecule has 1 unspecified atom stereocenters. The highest BCUT2D eigenvalue weighted by molar-refractivity contribution is 5.85. The minimum absolute atomic E-state index is 0.395. The van der Waals surface area contributed by atoms with Crippen molar-refractivity contribution < 1.29 is 18.1 Å². The molecule has 7 heteroatoms. The van der Waals surface area contributed by atoms with Gasteiger partial charge in [-0.05, 0) is 36.2 Å². The number of alkyl halides is 3. The standard InChI is InChI=1S/C18H15F3N2O2/c1-11-17(14-4-2-3-5-16(14)22-11)15(10-23(24)25)12-6-8-13(9-7-12)18(19,20)21/h2-9,15,22H,10H2,1H3. The van der Waals surface area contributed by atoms with E-state index in [1.165, 1.54) is 12.1 Å². The van der Waals surface area contributed by atoms with E-state index in [9.17, 15) is 23.3 Å². The highest BCUT2D eigenvalue weighted by atomic mass is 19.4. The molecule has 0 saturated carbocycles. The van der Waals surface area contributed by atoms with Gasteiger partial charge in [0.05, 0.1) is 11.5 Å². The maximum Gasteiger partial charge on any atom is 0.416 e. The van der Waals surface area contributed by atoms with E-state index in [-0.39, 0.29) is 0 Å². The summed E-state index contributed by atoms with van der Waals surface area (Å²) in [6.07, 6.45) is -4.44. The molecule has 3 aromatic rings. The average molecular weight is 348 g/mol. The molecule has 2 aromatic carbocycles. The second-order valence-corrected chi connectivity index (χ2v) is 5.90. The lowest BCUT2D eigenvalue weighted by Crippen LogP contribution is -2.15. The summed E-state index contributed by atoms with van der Waals surface area (Å²) in [6, 6.07) is 12.0. The van der Waals surface area contributed by atoms with Crippen LogP contribution in [0.3, 0.4) is 0 Å². The molecular weight excluding hydrogens is 333 g/mol. The van der Waals surface area contributed by atoms with Crippen LogP contribution in [-0.4, -0.2) is 16.5 Å². The Labute approximate surface area is 141 Å². The van der Waals surface area contributed by atoms with Gasteiger partial charge in [-0.1, -0.05) is 30.3 Å². The van der Waals surface area contributed by atoms with Crippen LogP contribution in [0, 0.1) is 17.0 Å². The monoisotopic (exact) mass is 348 g/mol. The van der Waals surface area contributed by atoms with Crippen molar-refractivity contribution in [1.82, 2.24) is 4.98 Å². The molecule has 0 aliphatic rings. The lowest BCUT2D eigenvalue weighted by atomic mass is 9.89. The maximum atomic E-state index is 12.8. The van der Waals surface area contributed by atoms with E-state index in [0.717, 1.165) is 34.3 Å². The van der Waals surface area contributed by atoms with Crippen molar-refractivity contribution in [3.8, 4) is 0 Å². The average Bonchev–Trinajstić information content (AvgIpc) is 2.87. The van der Waals surface area contributed by atoms with Crippen LogP contribution in [-0.2, 0) is 6.18 Å². The van der Waals surface area contributed by atoms with Crippen LogP contribution in [0.5, 0.6) is 0 Å². The number of hydrogen-bond acceptors (Lipinski definition) is 2. The third-order valence-corrected chi connectivity index (χ3v) is 4.26. The van der Waals surface area contributed by atoms with Crippen LogP contribution >= 0.6 is 0 Å². The minimum atomic E-state index is -4.44. The van der Waals surface area contributed by atoms with E-state index < -0.39 is 29.1 Å². The van der Waals surface area contributed by atoms with Gasteiger partial charge >= 0.3 is 6.18 Å². The Morgan fingerprint density at radius 3 is 2.36 bits per heavy atom. The quantitative estimate of drug-likeness (QED) is 0.538. The van der Waals surface area contributed by atoms with Crippen molar-refractivity contribution in [2.45, 2.75) is 19.0 Å². The van der Waals surface area contributed by atoms with Gasteiger partial charge in [0, 0.05) is 21.5 Å². The van der Waals surface area contributed by atoms with Crippen LogP contribution in [0.15, 0.2) is 48.5 Å². The molecule has 130 valence electrons. The van der Waals surface area contributed by atoms with Crippen molar-refractivity contribution >= 4 is 10.9 Å². The number of benzene rings is 2. The predicted molar refractivity (Wildman–Crippen MR) is 88.2 cm³/mol. The number of H-pyrrole nitrogens is 1. The summed E-state index contributed by atoms with van der Waals surface area (Å²) in [6.45, 7) is 1.42. The Bertz CT molecular complexity index is 914. The second-order valence-electron chi connectivity index (χ2n) is 5.90. The molecule has 0 aliphatic carbocycles. The fourth-order valence-corrected chi connectivity index (χ4v) is 3.16. The summed E-state index contributed by atoms with van der Waals surface area (Å²) in [5, 5.41) is 12.0. The van der Waals surface area contributed by atoms with Gasteiger partial charge in [-0.15, -0.1) is 0 Å². The topological polar surface area (TPSA) is 58.9 Å². The summed E-state index contributed by atoms with van der Waals surface area (Å²) in [4.78, 5) is 13.9. The molecule has 25 heavy (non-hydrogen) atoms. The number of para-hydroxylation sites is 1. The van der Waals surface area contributed by atoms with Gasteiger partial charge in [-0.25, -0.2) is 0 Å². The normalized spacial score (nSPS) is 13.1. The number of aromatic nitrogens is 1. The molecule has 1 atom stereocenters. The van der Waals surface area contributed by atoms with Gasteiger partial charge in [-0.2, -0.15) is 13.2 Å². The lowest BCUT2D eigenvalue weighted by Gasteiger charge is -2.16. The van der Waals surface area contributed by atoms with Crippen molar-refractivity contribution in [1.29, 1.82) is 0 Å². The summed E-state index contributed by atoms with van der Waals surface area (Å²) < 4.78 is 38.3. The zero-order valence-electron chi connectivity index (χ0n) is 13.3. The molecule has 1 N–H and O–H groups in total. The fourth-order valence-electron chi connectivity index (χ4n) is 3.16. The van der Waals surface area contributed by atoms with Gasteiger partial charge in [0.25, 0.3) is 0 Å². The first kappa shape index (κ1) is 17.0. The SMILES string of the molecule is Cc1[nH]c2ccccc2c1C(C[N+](=O)[O-])c1ccc(C(F)(F)F)cc1. The van der Waals surface area contributed by atoms with Crippen LogP contribution in [0.25, 0.3) is 10.9 Å². The van der Waals surface area contributed by atoms with Gasteiger partial charge in [0.2, 0.25) is 6.54 Å². The Morgan fingerprint density at radius 2 is 1.76 bits per heavy atom. The molecule has 3 rings (SSSR count). The molecule has 0 bridgehead atoms. The first-order valence-electron chi connectivity index (χ1n) is 7.63. The van der Waals surface area contributed by atoms with Crippen molar-refractivity contribution in [2.75, 3.05) is 6.54 Å². The highest BCUT2D eigenvalue weighted by Gasteiger charge is 2.31. The number of fused-ring (bicyclic) bond motifs is 1. The number of nitrogens with one attached hydrogen (secondary N) is 1. The van der Waals surface area contributed by atoms with E-state index in [4.69, 9.17) is 0 Å². The third-order valence-electron chi connectivity index (χ3n) is 4.26. The van der Waals surface area contributed by atoms with Gasteiger partial charge in [0.1, 0.15) is 0 Å². The van der Waals surface area contributed by atoms with Crippen LogP contribution < -0.4 is 0 Å². The van der Waals surface area contributed by atoms with E-state index in [2.05, 4.69) is 4.98 Å². The molecule has 1 heterocycles. The number of hydrogen-bond donors (Lipinski definition) is 1.